The third kappa shape index (κ3) is 5.09. The molecule has 0 unspecified atom stereocenters. The second kappa shape index (κ2) is 12.4. The Bertz CT molecular complexity index is 2880. The van der Waals surface area contributed by atoms with Gasteiger partial charge in [0, 0.05) is 38.4 Å². The Balaban J connectivity index is 1.11. The van der Waals surface area contributed by atoms with Crippen LogP contribution in [-0.2, 0) is 0 Å². The fourth-order valence-corrected chi connectivity index (χ4v) is 7.43. The predicted octanol–water partition coefficient (Wildman–Crippen LogP) is 12.2. The molecule has 10 rings (SSSR count). The van der Waals surface area contributed by atoms with Crippen molar-refractivity contribution in [3.63, 3.8) is 0 Å². The van der Waals surface area contributed by atoms with Gasteiger partial charge in [-0.05, 0) is 44.8 Å². The van der Waals surface area contributed by atoms with E-state index in [1.165, 1.54) is 37.7 Å². The molecule has 0 fully saturated rings. The highest BCUT2D eigenvalue weighted by molar-refractivity contribution is 6.33. The van der Waals surface area contributed by atoms with E-state index in [1.54, 1.807) is 0 Å². The number of nitrogens with zero attached hydrogens (tertiary/aromatic N) is 4. The summed E-state index contributed by atoms with van der Waals surface area (Å²) in [6.07, 6.45) is 0. The molecule has 4 nitrogen and oxygen atoms in total. The molecular weight excluding hydrogens is 633 g/mol. The van der Waals surface area contributed by atoms with Crippen LogP contribution >= 0.6 is 0 Å². The Morgan fingerprint density at radius 2 is 0.673 bits per heavy atom. The molecule has 0 aliphatic heterocycles. The molecule has 0 spiro atoms. The first kappa shape index (κ1) is 29.8. The molecule has 0 atom stereocenters. The Kier molecular flexibility index (Phi) is 7.10. The number of fused-ring (bicyclic) bond motifs is 8. The highest BCUT2D eigenvalue weighted by Crippen LogP contribution is 2.43. The average molecular weight is 663 g/mol. The zero-order chi connectivity index (χ0) is 34.4. The first-order chi connectivity index (χ1) is 25.8. The minimum atomic E-state index is 0.638. The lowest BCUT2D eigenvalue weighted by atomic mass is 9.89. The Labute approximate surface area is 300 Å². The molecule has 0 amide bonds. The van der Waals surface area contributed by atoms with Crippen LogP contribution in [0, 0.1) is 0 Å². The average Bonchev–Trinajstić information content (AvgIpc) is 3.24. The van der Waals surface area contributed by atoms with Crippen LogP contribution in [0.25, 0.3) is 99.8 Å². The first-order valence-electron chi connectivity index (χ1n) is 17.5. The van der Waals surface area contributed by atoms with Gasteiger partial charge in [-0.2, -0.15) is 0 Å². The van der Waals surface area contributed by atoms with Crippen molar-refractivity contribution in [1.29, 1.82) is 0 Å². The fourth-order valence-electron chi connectivity index (χ4n) is 7.43. The molecule has 0 bridgehead atoms. The van der Waals surface area contributed by atoms with Crippen LogP contribution in [0.2, 0.25) is 0 Å². The number of benzene rings is 8. The van der Waals surface area contributed by atoms with Crippen molar-refractivity contribution in [3.05, 3.63) is 182 Å². The second-order valence-corrected chi connectivity index (χ2v) is 13.0. The van der Waals surface area contributed by atoms with Crippen molar-refractivity contribution in [1.82, 2.24) is 19.9 Å². The number of hydrogen-bond donors (Lipinski definition) is 0. The first-order valence-corrected chi connectivity index (χ1v) is 17.5. The summed E-state index contributed by atoms with van der Waals surface area (Å²) in [5.74, 6) is 1.94. The molecule has 0 N–H and O–H groups in total. The molecule has 52 heavy (non-hydrogen) atoms. The van der Waals surface area contributed by atoms with E-state index in [0.717, 1.165) is 44.6 Å². The molecule has 10 aromatic rings. The van der Waals surface area contributed by atoms with E-state index in [2.05, 4.69) is 121 Å². The maximum atomic E-state index is 5.36. The van der Waals surface area contributed by atoms with Gasteiger partial charge in [-0.1, -0.05) is 170 Å². The molecule has 0 saturated carbocycles. The number of rotatable bonds is 5. The molecule has 0 aliphatic carbocycles. The van der Waals surface area contributed by atoms with Gasteiger partial charge in [-0.25, -0.2) is 19.9 Å². The maximum absolute atomic E-state index is 5.36. The summed E-state index contributed by atoms with van der Waals surface area (Å²) in [5.41, 5.74) is 8.10. The smallest absolute Gasteiger partial charge is 0.164 e. The SMILES string of the molecule is c1ccc(-c2nc(-c3ccccc3)nc(-c3ccc(-c4cccc(-c5nc6ccccc6c6c7ccccc7c7ccccc7c56)c4)cc3)n2)cc1. The highest BCUT2D eigenvalue weighted by Gasteiger charge is 2.18. The van der Waals surface area contributed by atoms with Gasteiger partial charge < -0.3 is 0 Å². The van der Waals surface area contributed by atoms with E-state index in [4.69, 9.17) is 19.9 Å². The lowest BCUT2D eigenvalue weighted by molar-refractivity contribution is 1.07. The molecule has 4 heteroatoms. The summed E-state index contributed by atoms with van der Waals surface area (Å²) in [5, 5.41) is 8.53. The van der Waals surface area contributed by atoms with Crippen molar-refractivity contribution in [2.75, 3.05) is 0 Å². The van der Waals surface area contributed by atoms with Gasteiger partial charge in [0.05, 0.1) is 11.2 Å². The Hall–Kier alpha value is -7.04. The van der Waals surface area contributed by atoms with E-state index in [1.807, 2.05) is 60.7 Å². The summed E-state index contributed by atoms with van der Waals surface area (Å²) < 4.78 is 0. The van der Waals surface area contributed by atoms with Gasteiger partial charge in [-0.15, -0.1) is 0 Å². The van der Waals surface area contributed by atoms with Crippen LogP contribution in [0.5, 0.6) is 0 Å². The molecule has 2 heterocycles. The van der Waals surface area contributed by atoms with Gasteiger partial charge in [0.2, 0.25) is 0 Å². The third-order valence-electron chi connectivity index (χ3n) is 9.89. The van der Waals surface area contributed by atoms with Crippen molar-refractivity contribution in [3.8, 4) is 56.5 Å². The zero-order valence-corrected chi connectivity index (χ0v) is 28.1. The number of hydrogen-bond acceptors (Lipinski definition) is 4. The summed E-state index contributed by atoms with van der Waals surface area (Å²) in [6.45, 7) is 0. The van der Waals surface area contributed by atoms with E-state index < -0.39 is 0 Å². The number of pyridine rings is 1. The largest absolute Gasteiger partial charge is 0.247 e. The quantitative estimate of drug-likeness (QED) is 0.172. The summed E-state index contributed by atoms with van der Waals surface area (Å²) in [7, 11) is 0. The monoisotopic (exact) mass is 662 g/mol. The van der Waals surface area contributed by atoms with Crippen LogP contribution in [0.1, 0.15) is 0 Å². The standard InChI is InChI=1S/C48H30N4/c1-3-14-32(15-4-1)46-50-47(33-16-5-2-6-17-33)52-48(51-46)34-28-26-31(27-29-34)35-18-13-19-36(30-35)45-44-40-23-10-8-21-38(40)37-20-7-9-22-39(37)43(44)41-24-11-12-25-42(41)49-45/h1-30H. The van der Waals surface area contributed by atoms with E-state index >= 15 is 0 Å². The maximum Gasteiger partial charge on any atom is 0.164 e. The fraction of sp³-hybridized carbons (Fsp3) is 0. The van der Waals surface area contributed by atoms with Gasteiger partial charge >= 0.3 is 0 Å². The van der Waals surface area contributed by atoms with Crippen LogP contribution in [0.15, 0.2) is 182 Å². The van der Waals surface area contributed by atoms with Crippen molar-refractivity contribution in [2.45, 2.75) is 0 Å². The minimum Gasteiger partial charge on any atom is -0.247 e. The van der Waals surface area contributed by atoms with E-state index in [-0.39, 0.29) is 0 Å². The van der Waals surface area contributed by atoms with Gasteiger partial charge in [-0.3, -0.25) is 0 Å². The lowest BCUT2D eigenvalue weighted by Gasteiger charge is -2.16. The summed E-state index contributed by atoms with van der Waals surface area (Å²) >= 11 is 0. The third-order valence-corrected chi connectivity index (χ3v) is 9.89. The summed E-state index contributed by atoms with van der Waals surface area (Å²) in [6, 6.07) is 63.4. The molecule has 242 valence electrons. The second-order valence-electron chi connectivity index (χ2n) is 13.0. The predicted molar refractivity (Wildman–Crippen MR) is 215 cm³/mol. The molecular formula is C48H30N4. The highest BCUT2D eigenvalue weighted by atomic mass is 15.0. The van der Waals surface area contributed by atoms with Crippen molar-refractivity contribution >= 4 is 43.2 Å². The normalized spacial score (nSPS) is 11.5. The van der Waals surface area contributed by atoms with Crippen LogP contribution in [0.4, 0.5) is 0 Å². The molecule has 0 saturated heterocycles. The molecule has 2 aromatic heterocycles. The van der Waals surface area contributed by atoms with Crippen molar-refractivity contribution in [2.24, 2.45) is 0 Å². The van der Waals surface area contributed by atoms with Crippen molar-refractivity contribution < 1.29 is 0 Å². The molecule has 0 radical (unpaired) electrons. The van der Waals surface area contributed by atoms with E-state index in [9.17, 15) is 0 Å². The van der Waals surface area contributed by atoms with Gasteiger partial charge in [0.25, 0.3) is 0 Å². The van der Waals surface area contributed by atoms with Crippen LogP contribution in [0.3, 0.4) is 0 Å². The topological polar surface area (TPSA) is 51.6 Å². The molecule has 0 aliphatic rings. The number of para-hydroxylation sites is 1. The summed E-state index contributed by atoms with van der Waals surface area (Å²) in [4.78, 5) is 20.1. The van der Waals surface area contributed by atoms with E-state index in [0.29, 0.717) is 17.5 Å². The Morgan fingerprint density at radius 3 is 1.27 bits per heavy atom. The van der Waals surface area contributed by atoms with Crippen LogP contribution < -0.4 is 0 Å². The number of aromatic nitrogens is 4. The van der Waals surface area contributed by atoms with Crippen LogP contribution in [-0.4, -0.2) is 19.9 Å². The van der Waals surface area contributed by atoms with Gasteiger partial charge in [0.15, 0.2) is 17.5 Å². The Morgan fingerprint density at radius 1 is 0.250 bits per heavy atom. The van der Waals surface area contributed by atoms with Gasteiger partial charge in [0.1, 0.15) is 0 Å². The lowest BCUT2D eigenvalue weighted by Crippen LogP contribution is -2.00. The zero-order valence-electron chi connectivity index (χ0n) is 28.1. The minimum absolute atomic E-state index is 0.638. The molecule has 8 aromatic carbocycles.